The maximum Gasteiger partial charge on any atom is 0.225 e. The van der Waals surface area contributed by atoms with Crippen LogP contribution < -0.4 is 10.6 Å². The van der Waals surface area contributed by atoms with Crippen molar-refractivity contribution in [3.05, 3.63) is 17.5 Å². The van der Waals surface area contributed by atoms with Crippen molar-refractivity contribution in [3.63, 3.8) is 0 Å². The fraction of sp³-hybridized carbons (Fsp3) is 0.714. The van der Waals surface area contributed by atoms with Gasteiger partial charge in [-0.3, -0.25) is 0 Å². The lowest BCUT2D eigenvalue weighted by Gasteiger charge is -2.35. The quantitative estimate of drug-likeness (QED) is 0.870. The van der Waals surface area contributed by atoms with Crippen molar-refractivity contribution < 1.29 is 0 Å². The van der Waals surface area contributed by atoms with Crippen molar-refractivity contribution in [2.24, 2.45) is 11.7 Å². The maximum atomic E-state index is 6.06. The van der Waals surface area contributed by atoms with E-state index in [0.717, 1.165) is 36.8 Å². The Morgan fingerprint density at radius 2 is 2.11 bits per heavy atom. The van der Waals surface area contributed by atoms with Crippen molar-refractivity contribution in [2.45, 2.75) is 46.1 Å². The highest BCUT2D eigenvalue weighted by atomic mass is 15.3. The van der Waals surface area contributed by atoms with E-state index >= 15 is 0 Å². The number of aromatic nitrogens is 2. The van der Waals surface area contributed by atoms with Gasteiger partial charge in [-0.15, -0.1) is 0 Å². The van der Waals surface area contributed by atoms with E-state index in [1.807, 2.05) is 6.92 Å². The Balaban J connectivity index is 2.23. The van der Waals surface area contributed by atoms with Gasteiger partial charge >= 0.3 is 0 Å². The van der Waals surface area contributed by atoms with E-state index in [1.54, 1.807) is 0 Å². The molecule has 18 heavy (non-hydrogen) atoms. The van der Waals surface area contributed by atoms with E-state index in [9.17, 15) is 0 Å². The second-order valence-electron chi connectivity index (χ2n) is 5.76. The van der Waals surface area contributed by atoms with E-state index in [0.29, 0.717) is 17.9 Å². The monoisotopic (exact) mass is 248 g/mol. The molecule has 2 N–H and O–H groups in total. The van der Waals surface area contributed by atoms with Crippen LogP contribution in [0.25, 0.3) is 0 Å². The molecular formula is C14H24N4. The predicted molar refractivity (Wildman–Crippen MR) is 74.8 cm³/mol. The van der Waals surface area contributed by atoms with Gasteiger partial charge in [0, 0.05) is 30.5 Å². The first kappa shape index (κ1) is 13.3. The van der Waals surface area contributed by atoms with E-state index in [4.69, 9.17) is 10.7 Å². The van der Waals surface area contributed by atoms with Crippen molar-refractivity contribution in [3.8, 4) is 0 Å². The smallest absolute Gasteiger partial charge is 0.225 e. The molecule has 0 spiro atoms. The van der Waals surface area contributed by atoms with Crippen LogP contribution >= 0.6 is 0 Å². The van der Waals surface area contributed by atoms with E-state index in [1.165, 1.54) is 0 Å². The predicted octanol–water partition coefficient (Wildman–Crippen LogP) is 2.08. The Kier molecular flexibility index (Phi) is 3.85. The first-order valence-corrected chi connectivity index (χ1v) is 6.83. The molecule has 1 fully saturated rings. The molecule has 2 atom stereocenters. The molecule has 100 valence electrons. The molecule has 2 heterocycles. The van der Waals surface area contributed by atoms with E-state index < -0.39 is 0 Å². The Labute approximate surface area is 110 Å². The van der Waals surface area contributed by atoms with Crippen molar-refractivity contribution >= 4 is 5.95 Å². The molecule has 1 aliphatic heterocycles. The zero-order chi connectivity index (χ0) is 13.3. The second kappa shape index (κ2) is 5.22. The Morgan fingerprint density at radius 3 is 2.72 bits per heavy atom. The molecule has 0 bridgehead atoms. The van der Waals surface area contributed by atoms with Crippen LogP contribution in [0.5, 0.6) is 0 Å². The Bertz CT molecular complexity index is 416. The SMILES string of the molecule is Cc1cc(C(C)C)nc(N2CCC(N)C(C)C2)n1. The molecule has 0 amide bonds. The normalized spacial score (nSPS) is 24.7. The molecule has 4 heteroatoms. The molecule has 2 unspecified atom stereocenters. The molecule has 0 saturated carbocycles. The minimum Gasteiger partial charge on any atom is -0.340 e. The number of piperidine rings is 1. The number of rotatable bonds is 2. The van der Waals surface area contributed by atoms with Crippen molar-refractivity contribution in [1.82, 2.24) is 9.97 Å². The molecule has 1 aliphatic rings. The molecular weight excluding hydrogens is 224 g/mol. The van der Waals surface area contributed by atoms with Gasteiger partial charge in [-0.25, -0.2) is 9.97 Å². The number of nitrogens with zero attached hydrogens (tertiary/aromatic N) is 3. The van der Waals surface area contributed by atoms with Crippen LogP contribution in [0.4, 0.5) is 5.95 Å². The van der Waals surface area contributed by atoms with E-state index in [-0.39, 0.29) is 0 Å². The summed E-state index contributed by atoms with van der Waals surface area (Å²) in [5.74, 6) is 1.82. The van der Waals surface area contributed by atoms with Crippen LogP contribution in [0.15, 0.2) is 6.07 Å². The van der Waals surface area contributed by atoms with Gasteiger partial charge in [-0.1, -0.05) is 20.8 Å². The minimum absolute atomic E-state index is 0.315. The van der Waals surface area contributed by atoms with Crippen LogP contribution in [0.1, 0.15) is 44.5 Å². The lowest BCUT2D eigenvalue weighted by atomic mass is 9.95. The van der Waals surface area contributed by atoms with Gasteiger partial charge in [-0.05, 0) is 31.2 Å². The average molecular weight is 248 g/mol. The fourth-order valence-corrected chi connectivity index (χ4v) is 2.36. The van der Waals surface area contributed by atoms with Crippen LogP contribution in [0, 0.1) is 12.8 Å². The third kappa shape index (κ3) is 2.80. The Hall–Kier alpha value is -1.16. The molecule has 0 radical (unpaired) electrons. The van der Waals surface area contributed by atoms with Gasteiger partial charge in [0.15, 0.2) is 0 Å². The lowest BCUT2D eigenvalue weighted by molar-refractivity contribution is 0.379. The fourth-order valence-electron chi connectivity index (χ4n) is 2.36. The molecule has 0 aromatic carbocycles. The summed E-state index contributed by atoms with van der Waals surface area (Å²) in [4.78, 5) is 11.5. The van der Waals surface area contributed by atoms with Gasteiger partial charge < -0.3 is 10.6 Å². The maximum absolute atomic E-state index is 6.06. The summed E-state index contributed by atoms with van der Waals surface area (Å²) < 4.78 is 0. The Morgan fingerprint density at radius 1 is 1.39 bits per heavy atom. The standard InChI is InChI=1S/C14H24N4/c1-9(2)13-7-11(4)16-14(17-13)18-6-5-12(15)10(3)8-18/h7,9-10,12H,5-6,8,15H2,1-4H3. The van der Waals surface area contributed by atoms with Gasteiger partial charge in [-0.2, -0.15) is 0 Å². The molecule has 1 aromatic rings. The summed E-state index contributed by atoms with van der Waals surface area (Å²) in [5, 5.41) is 0. The lowest BCUT2D eigenvalue weighted by Crippen LogP contribution is -2.46. The van der Waals surface area contributed by atoms with E-state index in [2.05, 4.69) is 36.7 Å². The van der Waals surface area contributed by atoms with Gasteiger partial charge in [0.05, 0.1) is 0 Å². The summed E-state index contributed by atoms with van der Waals surface area (Å²) in [6, 6.07) is 2.39. The van der Waals surface area contributed by atoms with Crippen LogP contribution in [-0.2, 0) is 0 Å². The summed E-state index contributed by atoms with van der Waals surface area (Å²) in [6.07, 6.45) is 1.02. The summed E-state index contributed by atoms with van der Waals surface area (Å²) in [7, 11) is 0. The summed E-state index contributed by atoms with van der Waals surface area (Å²) in [5.41, 5.74) is 8.23. The third-order valence-corrected chi connectivity index (χ3v) is 3.71. The zero-order valence-electron chi connectivity index (χ0n) is 11.8. The highest BCUT2D eigenvalue weighted by Crippen LogP contribution is 2.22. The molecule has 0 aliphatic carbocycles. The van der Waals surface area contributed by atoms with Crippen molar-refractivity contribution in [2.75, 3.05) is 18.0 Å². The van der Waals surface area contributed by atoms with Gasteiger partial charge in [0.25, 0.3) is 0 Å². The van der Waals surface area contributed by atoms with Crippen molar-refractivity contribution in [1.29, 1.82) is 0 Å². The van der Waals surface area contributed by atoms with Crippen LogP contribution in [-0.4, -0.2) is 29.1 Å². The third-order valence-electron chi connectivity index (χ3n) is 3.71. The van der Waals surface area contributed by atoms with Crippen LogP contribution in [0.2, 0.25) is 0 Å². The van der Waals surface area contributed by atoms with Gasteiger partial charge in [0.2, 0.25) is 5.95 Å². The van der Waals surface area contributed by atoms with Gasteiger partial charge in [0.1, 0.15) is 0 Å². The molecule has 1 aromatic heterocycles. The minimum atomic E-state index is 0.315. The number of aryl methyl sites for hydroxylation is 1. The highest BCUT2D eigenvalue weighted by Gasteiger charge is 2.25. The molecule has 4 nitrogen and oxygen atoms in total. The topological polar surface area (TPSA) is 55.0 Å². The number of hydrogen-bond acceptors (Lipinski definition) is 4. The first-order valence-electron chi connectivity index (χ1n) is 6.83. The van der Waals surface area contributed by atoms with Crippen LogP contribution in [0.3, 0.4) is 0 Å². The second-order valence-corrected chi connectivity index (χ2v) is 5.76. The summed E-state index contributed by atoms with van der Waals surface area (Å²) >= 11 is 0. The number of nitrogens with two attached hydrogens (primary N) is 1. The molecule has 1 saturated heterocycles. The molecule has 2 rings (SSSR count). The largest absolute Gasteiger partial charge is 0.340 e. The summed E-state index contributed by atoms with van der Waals surface area (Å²) in [6.45, 7) is 10.5. The number of anilines is 1. The average Bonchev–Trinajstić information content (AvgIpc) is 2.31. The zero-order valence-corrected chi connectivity index (χ0v) is 11.8. The number of hydrogen-bond donors (Lipinski definition) is 1. The highest BCUT2D eigenvalue weighted by molar-refractivity contribution is 5.34. The first-order chi connectivity index (χ1) is 8.47.